The second-order valence-electron chi connectivity index (χ2n) is 4.89. The van der Waals surface area contributed by atoms with Crippen LogP contribution in [0.1, 0.15) is 37.0 Å². The molecule has 1 rings (SSSR count). The topological polar surface area (TPSA) is 113 Å². The van der Waals surface area contributed by atoms with Crippen LogP contribution in [0.3, 0.4) is 0 Å². The van der Waals surface area contributed by atoms with Crippen LogP contribution in [0.5, 0.6) is 0 Å². The third-order valence-electron chi connectivity index (χ3n) is 2.89. The number of nitrogens with one attached hydrogen (secondary N) is 1. The quantitative estimate of drug-likeness (QED) is 0.522. The molecule has 1 atom stereocenters. The number of benzene rings is 1. The lowest BCUT2D eigenvalue weighted by Crippen LogP contribution is -2.33. The standard InChI is InChI=1S/C13H18N2O5/c1-3-6-13(2,18)8-14-9-4-5-10(12(16)17)11(7-9)15(19)20/h4-5,7,14,18H,3,6,8H2,1-2H3,(H,16,17). The van der Waals surface area contributed by atoms with Gasteiger partial charge in [0.1, 0.15) is 5.56 Å². The van der Waals surface area contributed by atoms with Crippen molar-refractivity contribution < 1.29 is 19.9 Å². The highest BCUT2D eigenvalue weighted by atomic mass is 16.6. The minimum atomic E-state index is -1.35. The van der Waals surface area contributed by atoms with Gasteiger partial charge in [0.25, 0.3) is 5.69 Å². The number of nitro groups is 1. The molecule has 0 aliphatic rings. The average molecular weight is 282 g/mol. The van der Waals surface area contributed by atoms with Gasteiger partial charge in [-0.3, -0.25) is 10.1 Å². The lowest BCUT2D eigenvalue weighted by atomic mass is 10.0. The van der Waals surface area contributed by atoms with Crippen molar-refractivity contribution in [1.29, 1.82) is 0 Å². The van der Waals surface area contributed by atoms with E-state index in [9.17, 15) is 20.0 Å². The van der Waals surface area contributed by atoms with Crippen LogP contribution in [0.25, 0.3) is 0 Å². The van der Waals surface area contributed by atoms with E-state index in [0.29, 0.717) is 12.1 Å². The van der Waals surface area contributed by atoms with Crippen LogP contribution < -0.4 is 5.32 Å². The summed E-state index contributed by atoms with van der Waals surface area (Å²) in [7, 11) is 0. The van der Waals surface area contributed by atoms with Crippen molar-refractivity contribution >= 4 is 17.3 Å². The van der Waals surface area contributed by atoms with Gasteiger partial charge in [-0.25, -0.2) is 4.79 Å². The molecule has 20 heavy (non-hydrogen) atoms. The van der Waals surface area contributed by atoms with Crippen LogP contribution in [-0.4, -0.2) is 33.3 Å². The van der Waals surface area contributed by atoms with E-state index in [2.05, 4.69) is 5.32 Å². The lowest BCUT2D eigenvalue weighted by Gasteiger charge is -2.23. The minimum absolute atomic E-state index is 0.227. The molecular formula is C13H18N2O5. The van der Waals surface area contributed by atoms with Gasteiger partial charge in [0.05, 0.1) is 10.5 Å². The van der Waals surface area contributed by atoms with Gasteiger partial charge < -0.3 is 15.5 Å². The molecule has 1 aromatic carbocycles. The molecule has 0 spiro atoms. The van der Waals surface area contributed by atoms with Crippen molar-refractivity contribution in [2.24, 2.45) is 0 Å². The molecule has 0 bridgehead atoms. The molecule has 110 valence electrons. The third-order valence-corrected chi connectivity index (χ3v) is 2.89. The van der Waals surface area contributed by atoms with Crippen LogP contribution in [0.4, 0.5) is 11.4 Å². The highest BCUT2D eigenvalue weighted by Crippen LogP contribution is 2.24. The van der Waals surface area contributed by atoms with Crippen LogP contribution in [0, 0.1) is 10.1 Å². The van der Waals surface area contributed by atoms with Crippen LogP contribution in [-0.2, 0) is 0 Å². The number of aromatic carboxylic acids is 1. The first-order chi connectivity index (χ1) is 9.26. The fourth-order valence-electron chi connectivity index (χ4n) is 1.89. The van der Waals surface area contributed by atoms with Gasteiger partial charge >= 0.3 is 5.97 Å². The molecule has 7 nitrogen and oxygen atoms in total. The Balaban J connectivity index is 2.91. The second kappa shape index (κ2) is 6.33. The summed E-state index contributed by atoms with van der Waals surface area (Å²) in [6.45, 7) is 3.84. The minimum Gasteiger partial charge on any atom is -0.477 e. The van der Waals surface area contributed by atoms with E-state index in [4.69, 9.17) is 5.11 Å². The zero-order chi connectivity index (χ0) is 15.3. The number of carboxylic acids is 1. The molecule has 0 aliphatic carbocycles. The summed E-state index contributed by atoms with van der Waals surface area (Å²) in [5, 5.41) is 32.6. The summed E-state index contributed by atoms with van der Waals surface area (Å²) in [6.07, 6.45) is 1.40. The normalized spacial score (nSPS) is 13.6. The summed E-state index contributed by atoms with van der Waals surface area (Å²) < 4.78 is 0. The van der Waals surface area contributed by atoms with Crippen molar-refractivity contribution in [3.63, 3.8) is 0 Å². The van der Waals surface area contributed by atoms with E-state index in [1.165, 1.54) is 12.1 Å². The Bertz CT molecular complexity index is 513. The van der Waals surface area contributed by atoms with E-state index < -0.39 is 22.2 Å². The molecule has 0 aromatic heterocycles. The van der Waals surface area contributed by atoms with Crippen molar-refractivity contribution in [3.8, 4) is 0 Å². The van der Waals surface area contributed by atoms with Crippen molar-refractivity contribution in [2.75, 3.05) is 11.9 Å². The number of rotatable bonds is 7. The first kappa shape index (κ1) is 15.9. The van der Waals surface area contributed by atoms with E-state index in [-0.39, 0.29) is 12.1 Å². The van der Waals surface area contributed by atoms with Gasteiger partial charge in [0.15, 0.2) is 0 Å². The molecular weight excluding hydrogens is 264 g/mol. The summed E-state index contributed by atoms with van der Waals surface area (Å²) in [4.78, 5) is 21.0. The Kier molecular flexibility index (Phi) is 5.04. The van der Waals surface area contributed by atoms with Crippen molar-refractivity contribution in [2.45, 2.75) is 32.3 Å². The lowest BCUT2D eigenvalue weighted by molar-refractivity contribution is -0.385. The summed E-state index contributed by atoms with van der Waals surface area (Å²) in [5.41, 5.74) is -1.36. The van der Waals surface area contributed by atoms with Gasteiger partial charge in [0, 0.05) is 18.3 Å². The summed E-state index contributed by atoms with van der Waals surface area (Å²) in [5.74, 6) is -1.35. The van der Waals surface area contributed by atoms with Gasteiger partial charge in [0.2, 0.25) is 0 Å². The number of nitrogens with zero attached hydrogens (tertiary/aromatic N) is 1. The highest BCUT2D eigenvalue weighted by molar-refractivity contribution is 5.93. The number of hydrogen-bond donors (Lipinski definition) is 3. The van der Waals surface area contributed by atoms with Gasteiger partial charge in [-0.05, 0) is 25.5 Å². The second-order valence-corrected chi connectivity index (χ2v) is 4.89. The van der Waals surface area contributed by atoms with E-state index in [1.807, 2.05) is 6.92 Å². The molecule has 0 aliphatic heterocycles. The maximum absolute atomic E-state index is 10.9. The fraction of sp³-hybridized carbons (Fsp3) is 0.462. The van der Waals surface area contributed by atoms with Crippen LogP contribution in [0.2, 0.25) is 0 Å². The monoisotopic (exact) mass is 282 g/mol. The molecule has 0 saturated heterocycles. The SMILES string of the molecule is CCCC(C)(O)CNc1ccc(C(=O)O)c([N+](=O)[O-])c1. The zero-order valence-electron chi connectivity index (χ0n) is 11.4. The summed E-state index contributed by atoms with van der Waals surface area (Å²) in [6, 6.07) is 3.78. The maximum atomic E-state index is 10.9. The van der Waals surface area contributed by atoms with E-state index in [0.717, 1.165) is 12.5 Å². The van der Waals surface area contributed by atoms with E-state index in [1.54, 1.807) is 6.92 Å². The predicted molar refractivity (Wildman–Crippen MR) is 74.1 cm³/mol. The Labute approximate surface area is 116 Å². The molecule has 1 unspecified atom stereocenters. The first-order valence-electron chi connectivity index (χ1n) is 6.25. The van der Waals surface area contributed by atoms with Gasteiger partial charge in [-0.15, -0.1) is 0 Å². The zero-order valence-corrected chi connectivity index (χ0v) is 11.4. The third kappa shape index (κ3) is 4.20. The summed E-state index contributed by atoms with van der Waals surface area (Å²) >= 11 is 0. The fourth-order valence-corrected chi connectivity index (χ4v) is 1.89. The number of carboxylic acid groups (broad SMARTS) is 1. The molecule has 0 radical (unpaired) electrons. The van der Waals surface area contributed by atoms with Crippen molar-refractivity contribution in [3.05, 3.63) is 33.9 Å². The Morgan fingerprint density at radius 1 is 1.50 bits per heavy atom. The Morgan fingerprint density at radius 2 is 2.15 bits per heavy atom. The molecule has 0 heterocycles. The molecule has 0 amide bonds. The molecule has 1 aromatic rings. The smallest absolute Gasteiger partial charge is 0.342 e. The van der Waals surface area contributed by atoms with Crippen LogP contribution in [0.15, 0.2) is 18.2 Å². The Morgan fingerprint density at radius 3 is 2.65 bits per heavy atom. The highest BCUT2D eigenvalue weighted by Gasteiger charge is 2.22. The largest absolute Gasteiger partial charge is 0.477 e. The number of hydrogen-bond acceptors (Lipinski definition) is 5. The van der Waals surface area contributed by atoms with Gasteiger partial charge in [-0.1, -0.05) is 13.3 Å². The molecule has 7 heteroatoms. The number of anilines is 1. The average Bonchev–Trinajstić information content (AvgIpc) is 2.35. The Hall–Kier alpha value is -2.15. The van der Waals surface area contributed by atoms with Gasteiger partial charge in [-0.2, -0.15) is 0 Å². The molecule has 0 fully saturated rings. The maximum Gasteiger partial charge on any atom is 0.342 e. The van der Waals surface area contributed by atoms with Crippen LogP contribution >= 0.6 is 0 Å². The number of aliphatic hydroxyl groups is 1. The first-order valence-corrected chi connectivity index (χ1v) is 6.25. The number of carbonyl (C=O) groups is 1. The number of nitro benzene ring substituents is 1. The van der Waals surface area contributed by atoms with E-state index >= 15 is 0 Å². The van der Waals surface area contributed by atoms with Crippen molar-refractivity contribution in [1.82, 2.24) is 0 Å². The molecule has 3 N–H and O–H groups in total. The molecule has 0 saturated carbocycles. The predicted octanol–water partition coefficient (Wildman–Crippen LogP) is 2.26.